The minimum Gasteiger partial charge on any atom is -0.495 e. The molecule has 1 aliphatic rings. The first-order valence-corrected chi connectivity index (χ1v) is 5.61. The Bertz CT molecular complexity index is 388. The van der Waals surface area contributed by atoms with Gasteiger partial charge in [0.2, 0.25) is 0 Å². The first-order chi connectivity index (χ1) is 7.12. The number of halogens is 1. The van der Waals surface area contributed by atoms with Gasteiger partial charge in [-0.15, -0.1) is 0 Å². The van der Waals surface area contributed by atoms with E-state index < -0.39 is 0 Å². The molecule has 1 aliphatic carbocycles. The fourth-order valence-corrected chi connectivity index (χ4v) is 2.36. The molecule has 1 saturated carbocycles. The highest BCUT2D eigenvalue weighted by Gasteiger charge is 2.42. The number of hydrogen-bond donors (Lipinski definition) is 1. The molecule has 0 spiro atoms. The average molecular weight is 272 g/mol. The van der Waals surface area contributed by atoms with Gasteiger partial charge in [-0.3, -0.25) is 0 Å². The molecule has 2 rings (SSSR count). The molecule has 0 atom stereocenters. The van der Waals surface area contributed by atoms with Crippen molar-refractivity contribution in [1.82, 2.24) is 0 Å². The molecule has 1 aromatic rings. The summed E-state index contributed by atoms with van der Waals surface area (Å²) >= 11 is 3.47. The maximum atomic E-state index is 6.16. The maximum Gasteiger partial charge on any atom is 0.141 e. The Morgan fingerprint density at radius 1 is 1.27 bits per heavy atom. The maximum absolute atomic E-state index is 6.16. The van der Waals surface area contributed by atoms with Crippen LogP contribution in [0.3, 0.4) is 0 Å². The summed E-state index contributed by atoms with van der Waals surface area (Å²) in [6.07, 6.45) is 2.03. The van der Waals surface area contributed by atoms with Gasteiger partial charge in [-0.25, -0.2) is 0 Å². The SMILES string of the molecule is COc1ccc(C2(N)CC2)c(OC)c1Br. The summed E-state index contributed by atoms with van der Waals surface area (Å²) in [4.78, 5) is 0. The van der Waals surface area contributed by atoms with Crippen LogP contribution in [0.15, 0.2) is 16.6 Å². The topological polar surface area (TPSA) is 44.5 Å². The van der Waals surface area contributed by atoms with Crippen LogP contribution in [-0.2, 0) is 5.54 Å². The van der Waals surface area contributed by atoms with Crippen molar-refractivity contribution in [3.8, 4) is 11.5 Å². The molecule has 0 radical (unpaired) electrons. The molecule has 0 aliphatic heterocycles. The van der Waals surface area contributed by atoms with E-state index in [1.165, 1.54) is 0 Å². The molecule has 1 aromatic carbocycles. The Kier molecular flexibility index (Phi) is 2.64. The normalized spacial score (nSPS) is 17.3. The minimum atomic E-state index is -0.194. The van der Waals surface area contributed by atoms with E-state index in [1.54, 1.807) is 14.2 Å². The van der Waals surface area contributed by atoms with Gasteiger partial charge >= 0.3 is 0 Å². The lowest BCUT2D eigenvalue weighted by atomic mass is 10.0. The summed E-state index contributed by atoms with van der Waals surface area (Å²) in [5.41, 5.74) is 7.02. The molecule has 0 amide bonds. The summed E-state index contributed by atoms with van der Waals surface area (Å²) in [6.45, 7) is 0. The van der Waals surface area contributed by atoms with Crippen LogP contribution >= 0.6 is 15.9 Å². The number of rotatable bonds is 3. The van der Waals surface area contributed by atoms with Crippen molar-refractivity contribution in [1.29, 1.82) is 0 Å². The van der Waals surface area contributed by atoms with Crippen molar-refractivity contribution in [2.75, 3.05) is 14.2 Å². The standard InChI is InChI=1S/C11H14BrNO2/c1-14-8-4-3-7(11(13)5-6-11)10(15-2)9(8)12/h3-4H,5-6,13H2,1-2H3. The lowest BCUT2D eigenvalue weighted by Crippen LogP contribution is -2.19. The molecule has 1 fully saturated rings. The van der Waals surface area contributed by atoms with Crippen LogP contribution < -0.4 is 15.2 Å². The van der Waals surface area contributed by atoms with Gasteiger partial charge in [0, 0.05) is 11.1 Å². The van der Waals surface area contributed by atoms with Gasteiger partial charge in [-0.1, -0.05) is 0 Å². The van der Waals surface area contributed by atoms with Crippen LogP contribution in [0.1, 0.15) is 18.4 Å². The molecule has 15 heavy (non-hydrogen) atoms. The zero-order valence-electron chi connectivity index (χ0n) is 8.84. The van der Waals surface area contributed by atoms with Gasteiger partial charge in [0.15, 0.2) is 0 Å². The average Bonchev–Trinajstić information content (AvgIpc) is 2.97. The minimum absolute atomic E-state index is 0.194. The Balaban J connectivity index is 2.52. The van der Waals surface area contributed by atoms with E-state index in [2.05, 4.69) is 15.9 Å². The largest absolute Gasteiger partial charge is 0.495 e. The zero-order chi connectivity index (χ0) is 11.1. The van der Waals surface area contributed by atoms with E-state index in [0.29, 0.717) is 0 Å². The lowest BCUT2D eigenvalue weighted by Gasteiger charge is -2.17. The predicted octanol–water partition coefficient (Wildman–Crippen LogP) is 2.41. The molecule has 82 valence electrons. The van der Waals surface area contributed by atoms with E-state index in [4.69, 9.17) is 15.2 Å². The monoisotopic (exact) mass is 271 g/mol. The highest BCUT2D eigenvalue weighted by atomic mass is 79.9. The van der Waals surface area contributed by atoms with Crippen LogP contribution in [0.4, 0.5) is 0 Å². The molecular weight excluding hydrogens is 258 g/mol. The second kappa shape index (κ2) is 3.68. The Morgan fingerprint density at radius 2 is 1.93 bits per heavy atom. The first-order valence-electron chi connectivity index (χ1n) is 4.82. The summed E-state index contributed by atoms with van der Waals surface area (Å²) < 4.78 is 11.4. The zero-order valence-corrected chi connectivity index (χ0v) is 10.4. The smallest absolute Gasteiger partial charge is 0.141 e. The number of ether oxygens (including phenoxy) is 2. The lowest BCUT2D eigenvalue weighted by molar-refractivity contribution is 0.383. The van der Waals surface area contributed by atoms with Crippen molar-refractivity contribution >= 4 is 15.9 Å². The molecule has 4 heteroatoms. The van der Waals surface area contributed by atoms with Gasteiger partial charge < -0.3 is 15.2 Å². The Morgan fingerprint density at radius 3 is 2.40 bits per heavy atom. The summed E-state index contributed by atoms with van der Waals surface area (Å²) in [5, 5.41) is 0. The Labute approximate surface area is 97.7 Å². The first kappa shape index (κ1) is 10.8. The third-order valence-corrected chi connectivity index (χ3v) is 3.56. The van der Waals surface area contributed by atoms with E-state index in [1.807, 2.05) is 12.1 Å². The van der Waals surface area contributed by atoms with Crippen molar-refractivity contribution in [2.24, 2.45) is 5.73 Å². The van der Waals surface area contributed by atoms with Gasteiger partial charge in [0.1, 0.15) is 16.0 Å². The molecule has 0 heterocycles. The Hall–Kier alpha value is -0.740. The van der Waals surface area contributed by atoms with E-state index >= 15 is 0 Å². The van der Waals surface area contributed by atoms with Crippen LogP contribution in [0.25, 0.3) is 0 Å². The van der Waals surface area contributed by atoms with Crippen molar-refractivity contribution < 1.29 is 9.47 Å². The number of methoxy groups -OCH3 is 2. The number of benzene rings is 1. The molecule has 3 nitrogen and oxygen atoms in total. The number of nitrogens with two attached hydrogens (primary N) is 1. The van der Waals surface area contributed by atoms with Crippen LogP contribution in [0.2, 0.25) is 0 Å². The van der Waals surface area contributed by atoms with Crippen molar-refractivity contribution in [2.45, 2.75) is 18.4 Å². The molecular formula is C11H14BrNO2. The second-order valence-electron chi connectivity index (χ2n) is 3.82. The third kappa shape index (κ3) is 1.72. The second-order valence-corrected chi connectivity index (χ2v) is 4.61. The highest BCUT2D eigenvalue weighted by Crippen LogP contribution is 2.50. The van der Waals surface area contributed by atoms with Crippen LogP contribution in [0, 0.1) is 0 Å². The molecule has 0 unspecified atom stereocenters. The van der Waals surface area contributed by atoms with E-state index in [9.17, 15) is 0 Å². The third-order valence-electron chi connectivity index (χ3n) is 2.81. The van der Waals surface area contributed by atoms with Crippen LogP contribution in [0.5, 0.6) is 11.5 Å². The van der Waals surface area contributed by atoms with Crippen LogP contribution in [-0.4, -0.2) is 14.2 Å². The van der Waals surface area contributed by atoms with Gasteiger partial charge in [0.05, 0.1) is 14.2 Å². The van der Waals surface area contributed by atoms with Gasteiger partial charge in [-0.2, -0.15) is 0 Å². The quantitative estimate of drug-likeness (QED) is 0.919. The predicted molar refractivity (Wildman–Crippen MR) is 62.3 cm³/mol. The van der Waals surface area contributed by atoms with E-state index in [0.717, 1.165) is 34.4 Å². The summed E-state index contributed by atoms with van der Waals surface area (Å²) in [7, 11) is 3.28. The fourth-order valence-electron chi connectivity index (χ4n) is 1.69. The molecule has 0 bridgehead atoms. The van der Waals surface area contributed by atoms with Crippen molar-refractivity contribution in [3.63, 3.8) is 0 Å². The number of hydrogen-bond acceptors (Lipinski definition) is 3. The highest BCUT2D eigenvalue weighted by molar-refractivity contribution is 9.10. The van der Waals surface area contributed by atoms with E-state index in [-0.39, 0.29) is 5.54 Å². The van der Waals surface area contributed by atoms with Gasteiger partial charge in [-0.05, 0) is 40.9 Å². The summed E-state index contributed by atoms with van der Waals surface area (Å²) in [6, 6.07) is 3.89. The van der Waals surface area contributed by atoms with Gasteiger partial charge in [0.25, 0.3) is 0 Å². The molecule has 0 saturated heterocycles. The van der Waals surface area contributed by atoms with Crippen molar-refractivity contribution in [3.05, 3.63) is 22.2 Å². The summed E-state index contributed by atoms with van der Waals surface area (Å²) in [5.74, 6) is 1.55. The fraction of sp³-hybridized carbons (Fsp3) is 0.455. The molecule has 0 aromatic heterocycles. The molecule has 2 N–H and O–H groups in total.